The van der Waals surface area contributed by atoms with Crippen LogP contribution >= 0.6 is 0 Å². The SMILES string of the molecule is COCCNCC1(CCC(C)C)CCCC1. The molecule has 0 aromatic carbocycles. The van der Waals surface area contributed by atoms with Crippen molar-refractivity contribution >= 4 is 0 Å². The fourth-order valence-electron chi connectivity index (χ4n) is 2.76. The highest BCUT2D eigenvalue weighted by Crippen LogP contribution is 2.42. The second-order valence-corrected chi connectivity index (χ2v) is 5.81. The summed E-state index contributed by atoms with van der Waals surface area (Å²) >= 11 is 0. The monoisotopic (exact) mass is 227 g/mol. The third-order valence-electron chi connectivity index (χ3n) is 3.90. The minimum Gasteiger partial charge on any atom is -0.383 e. The van der Waals surface area contributed by atoms with Crippen molar-refractivity contribution in [3.05, 3.63) is 0 Å². The van der Waals surface area contributed by atoms with Gasteiger partial charge in [0.1, 0.15) is 0 Å². The maximum Gasteiger partial charge on any atom is 0.0587 e. The third-order valence-corrected chi connectivity index (χ3v) is 3.90. The molecule has 0 spiro atoms. The van der Waals surface area contributed by atoms with Crippen LogP contribution in [0.15, 0.2) is 0 Å². The van der Waals surface area contributed by atoms with Crippen LogP contribution in [0.1, 0.15) is 52.4 Å². The first-order valence-electron chi connectivity index (χ1n) is 6.88. The summed E-state index contributed by atoms with van der Waals surface area (Å²) in [4.78, 5) is 0. The fourth-order valence-corrected chi connectivity index (χ4v) is 2.76. The van der Waals surface area contributed by atoms with E-state index in [1.807, 2.05) is 0 Å². The summed E-state index contributed by atoms with van der Waals surface area (Å²) in [5.74, 6) is 0.844. The predicted molar refractivity (Wildman–Crippen MR) is 69.7 cm³/mol. The molecule has 1 aliphatic rings. The average Bonchev–Trinajstić information content (AvgIpc) is 2.71. The lowest BCUT2D eigenvalue weighted by Gasteiger charge is -2.30. The Kier molecular flexibility index (Phi) is 6.37. The molecule has 1 aliphatic carbocycles. The van der Waals surface area contributed by atoms with Crippen molar-refractivity contribution in [1.29, 1.82) is 0 Å². The molecule has 0 atom stereocenters. The third kappa shape index (κ3) is 4.84. The van der Waals surface area contributed by atoms with E-state index in [-0.39, 0.29) is 0 Å². The summed E-state index contributed by atoms with van der Waals surface area (Å²) in [6.45, 7) is 7.70. The molecule has 2 heteroatoms. The van der Waals surface area contributed by atoms with Crippen molar-refractivity contribution in [1.82, 2.24) is 5.32 Å². The molecule has 0 aromatic heterocycles. The Morgan fingerprint density at radius 1 is 1.25 bits per heavy atom. The van der Waals surface area contributed by atoms with Crippen LogP contribution in [0.3, 0.4) is 0 Å². The van der Waals surface area contributed by atoms with E-state index in [1.54, 1.807) is 7.11 Å². The quantitative estimate of drug-likeness (QED) is 0.643. The molecule has 0 aliphatic heterocycles. The van der Waals surface area contributed by atoms with E-state index in [0.717, 1.165) is 19.1 Å². The second-order valence-electron chi connectivity index (χ2n) is 5.81. The first-order chi connectivity index (χ1) is 7.68. The summed E-state index contributed by atoms with van der Waals surface area (Å²) in [5, 5.41) is 3.57. The largest absolute Gasteiger partial charge is 0.383 e. The van der Waals surface area contributed by atoms with Crippen LogP contribution in [0.4, 0.5) is 0 Å². The van der Waals surface area contributed by atoms with Crippen molar-refractivity contribution < 1.29 is 4.74 Å². The first-order valence-corrected chi connectivity index (χ1v) is 6.88. The van der Waals surface area contributed by atoms with Crippen LogP contribution in [-0.4, -0.2) is 26.8 Å². The van der Waals surface area contributed by atoms with Crippen LogP contribution in [0, 0.1) is 11.3 Å². The number of rotatable bonds is 8. The maximum atomic E-state index is 5.08. The Morgan fingerprint density at radius 2 is 1.94 bits per heavy atom. The van der Waals surface area contributed by atoms with Crippen LogP contribution in [0.5, 0.6) is 0 Å². The second kappa shape index (κ2) is 7.29. The zero-order chi connectivity index (χ0) is 11.9. The van der Waals surface area contributed by atoms with Gasteiger partial charge in [0.25, 0.3) is 0 Å². The summed E-state index contributed by atoms with van der Waals surface area (Å²) in [6, 6.07) is 0. The van der Waals surface area contributed by atoms with Crippen molar-refractivity contribution in [2.24, 2.45) is 11.3 Å². The highest BCUT2D eigenvalue weighted by atomic mass is 16.5. The normalized spacial score (nSPS) is 19.5. The lowest BCUT2D eigenvalue weighted by atomic mass is 9.80. The molecule has 1 rings (SSSR count). The fraction of sp³-hybridized carbons (Fsp3) is 1.00. The van der Waals surface area contributed by atoms with Gasteiger partial charge in [0, 0.05) is 20.2 Å². The standard InChI is InChI=1S/C14H29NO/c1-13(2)6-9-14(7-4-5-8-14)12-15-10-11-16-3/h13,15H,4-12H2,1-3H3. The molecule has 16 heavy (non-hydrogen) atoms. The number of ether oxygens (including phenoxy) is 1. The van der Waals surface area contributed by atoms with E-state index >= 15 is 0 Å². The van der Waals surface area contributed by atoms with Gasteiger partial charge in [-0.2, -0.15) is 0 Å². The van der Waals surface area contributed by atoms with Crippen LogP contribution < -0.4 is 5.32 Å². The molecule has 0 aromatic rings. The molecule has 0 amide bonds. The Hall–Kier alpha value is -0.0800. The summed E-state index contributed by atoms with van der Waals surface area (Å²) in [6.07, 6.45) is 8.52. The van der Waals surface area contributed by atoms with Crippen LogP contribution in [0.2, 0.25) is 0 Å². The van der Waals surface area contributed by atoms with Crippen molar-refractivity contribution in [2.45, 2.75) is 52.4 Å². The van der Waals surface area contributed by atoms with Gasteiger partial charge in [0.05, 0.1) is 6.61 Å². The Labute approximate surface area is 101 Å². The van der Waals surface area contributed by atoms with Crippen molar-refractivity contribution in [2.75, 3.05) is 26.8 Å². The van der Waals surface area contributed by atoms with Gasteiger partial charge in [0.2, 0.25) is 0 Å². The average molecular weight is 227 g/mol. The molecule has 0 saturated heterocycles. The molecule has 96 valence electrons. The van der Waals surface area contributed by atoms with E-state index < -0.39 is 0 Å². The molecule has 0 bridgehead atoms. The summed E-state index contributed by atoms with van der Waals surface area (Å²) in [5.41, 5.74) is 0.609. The molecule has 0 unspecified atom stereocenters. The molecule has 0 radical (unpaired) electrons. The van der Waals surface area contributed by atoms with Gasteiger partial charge in [-0.3, -0.25) is 0 Å². The van der Waals surface area contributed by atoms with Gasteiger partial charge in [-0.15, -0.1) is 0 Å². The van der Waals surface area contributed by atoms with Gasteiger partial charge in [-0.25, -0.2) is 0 Å². The Bertz CT molecular complexity index is 174. The predicted octanol–water partition coefficient (Wildman–Crippen LogP) is 3.22. The van der Waals surface area contributed by atoms with Gasteiger partial charge in [-0.1, -0.05) is 33.1 Å². The molecule has 1 N–H and O–H groups in total. The molecule has 2 nitrogen and oxygen atoms in total. The van der Waals surface area contributed by atoms with E-state index in [9.17, 15) is 0 Å². The lowest BCUT2D eigenvalue weighted by molar-refractivity contribution is 0.184. The van der Waals surface area contributed by atoms with Gasteiger partial charge in [-0.05, 0) is 30.6 Å². The number of hydrogen-bond acceptors (Lipinski definition) is 2. The van der Waals surface area contributed by atoms with E-state index in [2.05, 4.69) is 19.2 Å². The van der Waals surface area contributed by atoms with Gasteiger partial charge < -0.3 is 10.1 Å². The Balaban J connectivity index is 2.27. The highest BCUT2D eigenvalue weighted by Gasteiger charge is 2.32. The smallest absolute Gasteiger partial charge is 0.0587 e. The molecular weight excluding hydrogens is 198 g/mol. The molecular formula is C14H29NO. The van der Waals surface area contributed by atoms with Crippen LogP contribution in [0.25, 0.3) is 0 Å². The first kappa shape index (κ1) is 14.0. The van der Waals surface area contributed by atoms with Crippen molar-refractivity contribution in [3.8, 4) is 0 Å². The number of nitrogens with one attached hydrogen (secondary N) is 1. The Morgan fingerprint density at radius 3 is 2.50 bits per heavy atom. The molecule has 0 heterocycles. The van der Waals surface area contributed by atoms with Crippen molar-refractivity contribution in [3.63, 3.8) is 0 Å². The van der Waals surface area contributed by atoms with E-state index in [0.29, 0.717) is 5.41 Å². The molecule has 1 fully saturated rings. The lowest BCUT2D eigenvalue weighted by Crippen LogP contribution is -2.34. The van der Waals surface area contributed by atoms with Gasteiger partial charge >= 0.3 is 0 Å². The maximum absolute atomic E-state index is 5.08. The number of hydrogen-bond donors (Lipinski definition) is 1. The zero-order valence-corrected chi connectivity index (χ0v) is 11.3. The summed E-state index contributed by atoms with van der Waals surface area (Å²) in [7, 11) is 1.77. The summed E-state index contributed by atoms with van der Waals surface area (Å²) < 4.78 is 5.08. The highest BCUT2D eigenvalue weighted by molar-refractivity contribution is 4.86. The topological polar surface area (TPSA) is 21.3 Å². The van der Waals surface area contributed by atoms with Gasteiger partial charge in [0.15, 0.2) is 0 Å². The number of methoxy groups -OCH3 is 1. The van der Waals surface area contributed by atoms with E-state index in [1.165, 1.54) is 45.1 Å². The van der Waals surface area contributed by atoms with Crippen LogP contribution in [-0.2, 0) is 4.74 Å². The molecule has 1 saturated carbocycles. The minimum absolute atomic E-state index is 0.609. The van der Waals surface area contributed by atoms with E-state index in [4.69, 9.17) is 4.74 Å². The minimum atomic E-state index is 0.609. The zero-order valence-electron chi connectivity index (χ0n) is 11.3.